The molecular weight excluding hydrogens is 310 g/mol. The van der Waals surface area contributed by atoms with Gasteiger partial charge in [0.1, 0.15) is 0 Å². The minimum Gasteiger partial charge on any atom is -0.191 e. The van der Waals surface area contributed by atoms with E-state index in [0.29, 0.717) is 0 Å². The predicted molar refractivity (Wildman–Crippen MR) is 46.3 cm³/mol. The first kappa shape index (κ1) is 16.6. The zero-order valence-electron chi connectivity index (χ0n) is 9.09. The highest BCUT2D eigenvalue weighted by atomic mass is 19.4. The topological polar surface area (TPSA) is 0 Å². The Morgan fingerprint density at radius 1 is 0.550 bits per heavy atom. The summed E-state index contributed by atoms with van der Waals surface area (Å²) in [6.07, 6.45) is -12.2. The molecule has 0 fully saturated rings. The molecule has 10 heteroatoms. The fraction of sp³-hybridized carbons (Fsp3) is 0.400. The second-order valence-electron chi connectivity index (χ2n) is 3.73. The van der Waals surface area contributed by atoms with Gasteiger partial charge in [-0.15, -0.1) is 0 Å². The molecule has 0 bridgehead atoms. The maximum atomic E-state index is 12.9. The molecular formula is C10H4F10. The SMILES string of the molecule is FC(F)(F)C(F)(F)c1cccc(C(F)(F)C(F)(F)F)c1. The van der Waals surface area contributed by atoms with Crippen LogP contribution in [0.5, 0.6) is 0 Å². The van der Waals surface area contributed by atoms with Crippen LogP contribution in [0, 0.1) is 0 Å². The molecule has 0 spiro atoms. The molecule has 0 N–H and O–H groups in total. The Morgan fingerprint density at radius 2 is 0.850 bits per heavy atom. The summed E-state index contributed by atoms with van der Waals surface area (Å²) in [5.74, 6) is -11.1. The van der Waals surface area contributed by atoms with Crippen molar-refractivity contribution in [2.75, 3.05) is 0 Å². The van der Waals surface area contributed by atoms with Gasteiger partial charge in [-0.1, -0.05) is 18.2 Å². The average molecular weight is 314 g/mol. The zero-order chi connectivity index (χ0) is 16.0. The summed E-state index contributed by atoms with van der Waals surface area (Å²) < 4.78 is 124. The van der Waals surface area contributed by atoms with Crippen molar-refractivity contribution in [1.29, 1.82) is 0 Å². The fourth-order valence-corrected chi connectivity index (χ4v) is 1.24. The van der Waals surface area contributed by atoms with Gasteiger partial charge < -0.3 is 0 Å². The number of rotatable bonds is 2. The lowest BCUT2D eigenvalue weighted by Crippen LogP contribution is -2.36. The van der Waals surface area contributed by atoms with Gasteiger partial charge in [0.25, 0.3) is 0 Å². The molecule has 1 aromatic rings. The summed E-state index contributed by atoms with van der Waals surface area (Å²) in [6.45, 7) is 0. The summed E-state index contributed by atoms with van der Waals surface area (Å²) in [5.41, 5.74) is -3.99. The quantitative estimate of drug-likeness (QED) is 0.674. The van der Waals surface area contributed by atoms with Crippen LogP contribution in [0.4, 0.5) is 43.9 Å². The molecule has 114 valence electrons. The summed E-state index contributed by atoms with van der Waals surface area (Å²) >= 11 is 0. The Morgan fingerprint density at radius 3 is 1.10 bits per heavy atom. The van der Waals surface area contributed by atoms with Crippen molar-refractivity contribution in [1.82, 2.24) is 0 Å². The zero-order valence-corrected chi connectivity index (χ0v) is 9.09. The lowest BCUT2D eigenvalue weighted by molar-refractivity contribution is -0.292. The van der Waals surface area contributed by atoms with E-state index in [9.17, 15) is 43.9 Å². The van der Waals surface area contributed by atoms with Crippen LogP contribution in [0.3, 0.4) is 0 Å². The van der Waals surface area contributed by atoms with E-state index in [2.05, 4.69) is 0 Å². The molecule has 0 amide bonds. The monoisotopic (exact) mass is 314 g/mol. The van der Waals surface area contributed by atoms with Gasteiger partial charge in [0.05, 0.1) is 0 Å². The molecule has 0 aliphatic rings. The molecule has 20 heavy (non-hydrogen) atoms. The Balaban J connectivity index is 3.36. The van der Waals surface area contributed by atoms with Crippen molar-refractivity contribution >= 4 is 0 Å². The Kier molecular flexibility index (Phi) is 3.75. The number of alkyl halides is 10. The minimum absolute atomic E-state index is 0.115. The van der Waals surface area contributed by atoms with Gasteiger partial charge in [0.2, 0.25) is 0 Å². The van der Waals surface area contributed by atoms with Crippen molar-refractivity contribution in [2.24, 2.45) is 0 Å². The normalized spacial score (nSPS) is 14.5. The molecule has 1 rings (SSSR count). The van der Waals surface area contributed by atoms with Crippen molar-refractivity contribution in [2.45, 2.75) is 24.2 Å². The van der Waals surface area contributed by atoms with E-state index in [1.54, 1.807) is 0 Å². The molecule has 0 atom stereocenters. The summed E-state index contributed by atoms with van der Waals surface area (Å²) in [4.78, 5) is 0. The van der Waals surface area contributed by atoms with Crippen molar-refractivity contribution < 1.29 is 43.9 Å². The summed E-state index contributed by atoms with van der Waals surface area (Å²) in [7, 11) is 0. The first-order valence-corrected chi connectivity index (χ1v) is 4.71. The third kappa shape index (κ3) is 2.68. The van der Waals surface area contributed by atoms with Gasteiger partial charge in [0.15, 0.2) is 0 Å². The number of benzene rings is 1. The third-order valence-electron chi connectivity index (χ3n) is 2.30. The molecule has 0 saturated carbocycles. The molecule has 0 heterocycles. The van der Waals surface area contributed by atoms with E-state index in [-0.39, 0.29) is 18.2 Å². The van der Waals surface area contributed by atoms with Crippen LogP contribution in [0.25, 0.3) is 0 Å². The second-order valence-corrected chi connectivity index (χ2v) is 3.73. The van der Waals surface area contributed by atoms with E-state index in [1.807, 2.05) is 0 Å². The lowest BCUT2D eigenvalue weighted by atomic mass is 10.0. The van der Waals surface area contributed by atoms with E-state index >= 15 is 0 Å². The van der Waals surface area contributed by atoms with Crippen molar-refractivity contribution in [3.8, 4) is 0 Å². The molecule has 0 nitrogen and oxygen atoms in total. The van der Waals surface area contributed by atoms with Gasteiger partial charge in [-0.3, -0.25) is 0 Å². The van der Waals surface area contributed by atoms with Crippen LogP contribution in [0.1, 0.15) is 11.1 Å². The highest BCUT2D eigenvalue weighted by molar-refractivity contribution is 5.31. The van der Waals surface area contributed by atoms with E-state index in [4.69, 9.17) is 0 Å². The first-order valence-electron chi connectivity index (χ1n) is 4.71. The van der Waals surface area contributed by atoms with Crippen LogP contribution in [-0.2, 0) is 11.8 Å². The maximum absolute atomic E-state index is 12.9. The van der Waals surface area contributed by atoms with E-state index in [1.165, 1.54) is 0 Å². The molecule has 0 aliphatic heterocycles. The van der Waals surface area contributed by atoms with Gasteiger partial charge in [0, 0.05) is 11.1 Å². The Bertz CT molecular complexity index is 440. The van der Waals surface area contributed by atoms with Gasteiger partial charge in [-0.25, -0.2) is 0 Å². The number of hydrogen-bond donors (Lipinski definition) is 0. The minimum atomic E-state index is -6.11. The van der Waals surface area contributed by atoms with Gasteiger partial charge in [-0.2, -0.15) is 43.9 Å². The number of hydrogen-bond acceptors (Lipinski definition) is 0. The number of halogens is 10. The smallest absolute Gasteiger partial charge is 0.191 e. The second kappa shape index (κ2) is 4.52. The van der Waals surface area contributed by atoms with Crippen molar-refractivity contribution in [3.05, 3.63) is 35.4 Å². The highest BCUT2D eigenvalue weighted by Gasteiger charge is 2.61. The molecule has 1 aromatic carbocycles. The predicted octanol–water partition coefficient (Wildman–Crippen LogP) is 4.99. The van der Waals surface area contributed by atoms with Crippen LogP contribution in [0.15, 0.2) is 24.3 Å². The van der Waals surface area contributed by atoms with Crippen molar-refractivity contribution in [3.63, 3.8) is 0 Å². The van der Waals surface area contributed by atoms with Gasteiger partial charge in [-0.05, 0) is 6.07 Å². The Hall–Kier alpha value is -1.48. The average Bonchev–Trinajstić information content (AvgIpc) is 2.26. The van der Waals surface area contributed by atoms with Crippen LogP contribution < -0.4 is 0 Å². The lowest BCUT2D eigenvalue weighted by Gasteiger charge is -2.23. The summed E-state index contributed by atoms with van der Waals surface area (Å²) in [6, 6.07) is -0.0160. The highest BCUT2D eigenvalue weighted by Crippen LogP contribution is 2.47. The van der Waals surface area contributed by atoms with Crippen LogP contribution >= 0.6 is 0 Å². The molecule has 0 aliphatic carbocycles. The molecule has 0 aromatic heterocycles. The summed E-state index contributed by atoms with van der Waals surface area (Å²) in [5, 5.41) is 0. The molecule has 0 radical (unpaired) electrons. The van der Waals surface area contributed by atoms with E-state index in [0.717, 1.165) is 0 Å². The van der Waals surface area contributed by atoms with Crippen LogP contribution in [-0.4, -0.2) is 12.4 Å². The van der Waals surface area contributed by atoms with Crippen LogP contribution in [0.2, 0.25) is 0 Å². The third-order valence-corrected chi connectivity index (χ3v) is 2.30. The standard InChI is InChI=1S/C10H4F10/c11-7(12,9(15,16)17)5-2-1-3-6(4-5)8(13,14)10(18,19)20/h1-4H. The fourth-order valence-electron chi connectivity index (χ4n) is 1.24. The van der Waals surface area contributed by atoms with E-state index < -0.39 is 41.4 Å². The van der Waals surface area contributed by atoms with Gasteiger partial charge >= 0.3 is 24.2 Å². The Labute approximate surface area is 105 Å². The first-order chi connectivity index (χ1) is 8.71. The molecule has 0 saturated heterocycles. The molecule has 0 unspecified atom stereocenters. The largest absolute Gasteiger partial charge is 0.458 e. The maximum Gasteiger partial charge on any atom is 0.458 e.